The number of unbranched alkanes of at least 4 members (excludes halogenated alkanes) is 3. The maximum atomic E-state index is 4.72. The topological polar surface area (TPSA) is 29.9 Å². The first-order chi connectivity index (χ1) is 9.40. The second-order valence-corrected chi connectivity index (χ2v) is 5.82. The number of nitrogens with one attached hydrogen (secondary N) is 1. The average molecular weight is 263 g/mol. The minimum atomic E-state index is 0.659. The smallest absolute Gasteiger partial charge is 0.0762 e. The predicted octanol–water partition coefficient (Wildman–Crippen LogP) is 4.06. The minimum absolute atomic E-state index is 0.659. The van der Waals surface area contributed by atoms with Gasteiger partial charge >= 0.3 is 0 Å². The number of hydrogen-bond acceptors (Lipinski definition) is 2. The quantitative estimate of drug-likeness (QED) is 0.717. The second kappa shape index (κ2) is 8.36. The van der Waals surface area contributed by atoms with E-state index in [2.05, 4.69) is 29.2 Å². The van der Waals surface area contributed by atoms with E-state index in [0.717, 1.165) is 13.1 Å². The summed E-state index contributed by atoms with van der Waals surface area (Å²) in [5, 5.41) is 8.22. The van der Waals surface area contributed by atoms with E-state index in [9.17, 15) is 0 Å². The molecule has 0 radical (unpaired) electrons. The van der Waals surface area contributed by atoms with Crippen molar-refractivity contribution in [1.29, 1.82) is 0 Å². The van der Waals surface area contributed by atoms with E-state index in [1.807, 2.05) is 0 Å². The average Bonchev–Trinajstić information content (AvgIpc) is 2.92. The molecule has 1 aromatic heterocycles. The molecule has 0 atom stereocenters. The van der Waals surface area contributed by atoms with Gasteiger partial charge in [-0.05, 0) is 31.9 Å². The zero-order valence-corrected chi connectivity index (χ0v) is 12.4. The molecule has 1 saturated carbocycles. The predicted molar refractivity (Wildman–Crippen MR) is 80.2 cm³/mol. The third-order valence-electron chi connectivity index (χ3n) is 4.13. The lowest BCUT2D eigenvalue weighted by Gasteiger charge is -2.21. The molecule has 0 bridgehead atoms. The summed E-state index contributed by atoms with van der Waals surface area (Å²) in [4.78, 5) is 0. The van der Waals surface area contributed by atoms with Crippen molar-refractivity contribution in [1.82, 2.24) is 15.1 Å². The van der Waals surface area contributed by atoms with Gasteiger partial charge < -0.3 is 5.32 Å². The molecule has 0 spiro atoms. The second-order valence-electron chi connectivity index (χ2n) is 5.82. The van der Waals surface area contributed by atoms with Crippen molar-refractivity contribution in [3.8, 4) is 0 Å². The summed E-state index contributed by atoms with van der Waals surface area (Å²) < 4.78 is 2.20. The van der Waals surface area contributed by atoms with Crippen molar-refractivity contribution < 1.29 is 0 Å². The van der Waals surface area contributed by atoms with Crippen LogP contribution in [0.15, 0.2) is 12.3 Å². The van der Waals surface area contributed by atoms with Crippen LogP contribution in [0.25, 0.3) is 0 Å². The summed E-state index contributed by atoms with van der Waals surface area (Å²) >= 11 is 0. The molecule has 108 valence electrons. The molecule has 0 saturated heterocycles. The van der Waals surface area contributed by atoms with Gasteiger partial charge in [-0.25, -0.2) is 0 Å². The molecule has 0 aromatic carbocycles. The fourth-order valence-electron chi connectivity index (χ4n) is 2.91. The van der Waals surface area contributed by atoms with Crippen LogP contribution in [0, 0.1) is 0 Å². The van der Waals surface area contributed by atoms with Crippen molar-refractivity contribution in [3.05, 3.63) is 18.0 Å². The molecule has 0 aliphatic heterocycles. The zero-order chi connectivity index (χ0) is 13.3. The van der Waals surface area contributed by atoms with E-state index in [-0.39, 0.29) is 0 Å². The number of aromatic nitrogens is 2. The van der Waals surface area contributed by atoms with Crippen LogP contribution in [0.1, 0.15) is 76.4 Å². The fraction of sp³-hybridized carbons (Fsp3) is 0.812. The molecular formula is C16H29N3. The highest BCUT2D eigenvalue weighted by molar-refractivity contribution is 4.99. The monoisotopic (exact) mass is 263 g/mol. The van der Waals surface area contributed by atoms with Gasteiger partial charge in [0, 0.05) is 12.7 Å². The molecular weight excluding hydrogens is 234 g/mol. The van der Waals surface area contributed by atoms with E-state index in [0.29, 0.717) is 6.04 Å². The van der Waals surface area contributed by atoms with Gasteiger partial charge in [-0.3, -0.25) is 4.68 Å². The first kappa shape index (κ1) is 14.6. The van der Waals surface area contributed by atoms with Crippen molar-refractivity contribution >= 4 is 0 Å². The molecule has 3 nitrogen and oxygen atoms in total. The molecule has 1 N–H and O–H groups in total. The summed E-state index contributed by atoms with van der Waals surface area (Å²) in [6.45, 7) is 4.30. The van der Waals surface area contributed by atoms with Crippen LogP contribution in [0.2, 0.25) is 0 Å². The lowest BCUT2D eigenvalue weighted by molar-refractivity contribution is 0.327. The van der Waals surface area contributed by atoms with Crippen LogP contribution in [0.4, 0.5) is 0 Å². The van der Waals surface area contributed by atoms with Crippen molar-refractivity contribution in [3.63, 3.8) is 0 Å². The summed E-state index contributed by atoms with van der Waals surface area (Å²) in [7, 11) is 0. The highest BCUT2D eigenvalue weighted by Gasteiger charge is 2.15. The van der Waals surface area contributed by atoms with Gasteiger partial charge in [-0.2, -0.15) is 5.10 Å². The van der Waals surface area contributed by atoms with E-state index in [4.69, 9.17) is 5.10 Å². The van der Waals surface area contributed by atoms with Crippen LogP contribution in [0.3, 0.4) is 0 Å². The lowest BCUT2D eigenvalue weighted by atomic mass is 9.96. The van der Waals surface area contributed by atoms with Crippen LogP contribution < -0.4 is 5.32 Å². The van der Waals surface area contributed by atoms with Crippen molar-refractivity contribution in [2.24, 2.45) is 0 Å². The summed E-state index contributed by atoms with van der Waals surface area (Å²) in [6.07, 6.45) is 14.2. The molecule has 0 amide bonds. The Balaban J connectivity index is 1.66. The van der Waals surface area contributed by atoms with E-state index < -0.39 is 0 Å². The summed E-state index contributed by atoms with van der Waals surface area (Å²) in [6, 6.07) is 2.83. The lowest BCUT2D eigenvalue weighted by Crippen LogP contribution is -2.17. The van der Waals surface area contributed by atoms with Crippen molar-refractivity contribution in [2.45, 2.75) is 77.3 Å². The molecule has 1 aliphatic rings. The minimum Gasteiger partial charge on any atom is -0.311 e. The first-order valence-electron chi connectivity index (χ1n) is 8.15. The Morgan fingerprint density at radius 2 is 2.05 bits per heavy atom. The van der Waals surface area contributed by atoms with E-state index in [1.165, 1.54) is 63.5 Å². The normalized spacial score (nSPS) is 16.9. The summed E-state index contributed by atoms with van der Waals surface area (Å²) in [5.74, 6) is 0. The third-order valence-corrected chi connectivity index (χ3v) is 4.13. The highest BCUT2D eigenvalue weighted by atomic mass is 15.3. The number of nitrogens with zero attached hydrogens (tertiary/aromatic N) is 2. The van der Waals surface area contributed by atoms with Gasteiger partial charge in [0.15, 0.2) is 0 Å². The van der Waals surface area contributed by atoms with Crippen LogP contribution >= 0.6 is 0 Å². The fourth-order valence-corrected chi connectivity index (χ4v) is 2.91. The maximum absolute atomic E-state index is 4.72. The Morgan fingerprint density at radius 3 is 2.84 bits per heavy atom. The number of rotatable bonds is 8. The summed E-state index contributed by atoms with van der Waals surface area (Å²) in [5.41, 5.74) is 1.20. The van der Waals surface area contributed by atoms with Gasteiger partial charge in [0.1, 0.15) is 0 Å². The molecule has 1 heterocycles. The van der Waals surface area contributed by atoms with E-state index in [1.54, 1.807) is 0 Å². The van der Waals surface area contributed by atoms with Crippen LogP contribution in [-0.4, -0.2) is 16.3 Å². The van der Waals surface area contributed by atoms with Gasteiger partial charge in [0.05, 0.1) is 11.7 Å². The molecule has 2 rings (SSSR count). The molecule has 0 unspecified atom stereocenters. The van der Waals surface area contributed by atoms with Gasteiger partial charge in [-0.15, -0.1) is 0 Å². The molecule has 19 heavy (non-hydrogen) atoms. The SMILES string of the molecule is CCCCCCNCc1ccn(C2CCCCC2)n1. The maximum Gasteiger partial charge on any atom is 0.0762 e. The van der Waals surface area contributed by atoms with Crippen molar-refractivity contribution in [2.75, 3.05) is 6.54 Å². The Morgan fingerprint density at radius 1 is 1.21 bits per heavy atom. The Kier molecular flexibility index (Phi) is 6.42. The first-order valence-corrected chi connectivity index (χ1v) is 8.15. The standard InChI is InChI=1S/C16H29N3/c1-2-3-4-8-12-17-14-15-11-13-19(18-15)16-9-6-5-7-10-16/h11,13,16-17H,2-10,12,14H2,1H3. The largest absolute Gasteiger partial charge is 0.311 e. The Hall–Kier alpha value is -0.830. The highest BCUT2D eigenvalue weighted by Crippen LogP contribution is 2.27. The van der Waals surface area contributed by atoms with Gasteiger partial charge in [0.25, 0.3) is 0 Å². The molecule has 1 aromatic rings. The van der Waals surface area contributed by atoms with E-state index >= 15 is 0 Å². The molecule has 3 heteroatoms. The van der Waals surface area contributed by atoms with Crippen LogP contribution in [-0.2, 0) is 6.54 Å². The molecule has 1 aliphatic carbocycles. The zero-order valence-electron chi connectivity index (χ0n) is 12.4. The molecule has 1 fully saturated rings. The van der Waals surface area contributed by atoms with Gasteiger partial charge in [-0.1, -0.05) is 45.4 Å². The Labute approximate surface area is 117 Å². The number of hydrogen-bond donors (Lipinski definition) is 1. The third kappa shape index (κ3) is 4.98. The Bertz CT molecular complexity index is 340. The van der Waals surface area contributed by atoms with Crippen LogP contribution in [0.5, 0.6) is 0 Å². The van der Waals surface area contributed by atoms with Gasteiger partial charge in [0.2, 0.25) is 0 Å².